The molecule has 1 aromatic carbocycles. The summed E-state index contributed by atoms with van der Waals surface area (Å²) in [5.74, 6) is 2.16. The number of aromatic nitrogens is 3. The predicted octanol–water partition coefficient (Wildman–Crippen LogP) is 2.29. The highest BCUT2D eigenvalue weighted by atomic mass is 16.5. The molecule has 1 fully saturated rings. The highest BCUT2D eigenvalue weighted by molar-refractivity contribution is 5.93. The molecule has 1 N–H and O–H groups in total. The Hall–Kier alpha value is -3.17. The van der Waals surface area contributed by atoms with Crippen molar-refractivity contribution < 1.29 is 18.7 Å². The van der Waals surface area contributed by atoms with Crippen LogP contribution in [0.15, 0.2) is 40.8 Å². The van der Waals surface area contributed by atoms with Crippen molar-refractivity contribution in [3.8, 4) is 11.4 Å². The number of morpholine rings is 1. The molecule has 9 nitrogen and oxygen atoms in total. The van der Waals surface area contributed by atoms with Gasteiger partial charge in [-0.3, -0.25) is 9.69 Å². The van der Waals surface area contributed by atoms with Crippen molar-refractivity contribution in [1.29, 1.82) is 0 Å². The van der Waals surface area contributed by atoms with Crippen LogP contribution in [0.3, 0.4) is 0 Å². The Kier molecular flexibility index (Phi) is 6.34. The lowest BCUT2D eigenvalue weighted by atomic mass is 10.1. The Morgan fingerprint density at radius 1 is 1.16 bits per heavy atom. The third-order valence-corrected chi connectivity index (χ3v) is 5.46. The zero-order valence-corrected chi connectivity index (χ0v) is 18.0. The van der Waals surface area contributed by atoms with Crippen LogP contribution in [0, 0.1) is 13.8 Å². The van der Waals surface area contributed by atoms with Crippen LogP contribution in [-0.4, -0.2) is 65.8 Å². The molecule has 164 valence electrons. The molecule has 31 heavy (non-hydrogen) atoms. The number of furan rings is 1. The number of amides is 1. The van der Waals surface area contributed by atoms with Crippen molar-refractivity contribution in [2.45, 2.75) is 19.9 Å². The second-order valence-corrected chi connectivity index (χ2v) is 7.46. The number of benzene rings is 1. The number of carbonyl (C=O) groups excluding carboxylic acids is 1. The van der Waals surface area contributed by atoms with Gasteiger partial charge in [0, 0.05) is 19.6 Å². The maximum Gasteiger partial charge on any atom is 0.273 e. The highest BCUT2D eigenvalue weighted by Crippen LogP contribution is 2.24. The third-order valence-electron chi connectivity index (χ3n) is 5.46. The van der Waals surface area contributed by atoms with E-state index in [4.69, 9.17) is 13.9 Å². The van der Waals surface area contributed by atoms with Crippen molar-refractivity contribution in [3.05, 3.63) is 59.3 Å². The van der Waals surface area contributed by atoms with Crippen LogP contribution in [0.4, 0.5) is 0 Å². The molecule has 0 aliphatic carbocycles. The van der Waals surface area contributed by atoms with Crippen LogP contribution >= 0.6 is 0 Å². The number of nitrogens with zero attached hydrogens (tertiary/aromatic N) is 4. The Morgan fingerprint density at radius 2 is 1.90 bits per heavy atom. The van der Waals surface area contributed by atoms with E-state index in [0.29, 0.717) is 31.1 Å². The van der Waals surface area contributed by atoms with E-state index in [2.05, 4.69) is 20.5 Å². The summed E-state index contributed by atoms with van der Waals surface area (Å²) in [5.41, 5.74) is 1.77. The maximum atomic E-state index is 12.9. The molecular formula is C22H27N5O4. The van der Waals surface area contributed by atoms with Crippen LogP contribution in [0.2, 0.25) is 0 Å². The van der Waals surface area contributed by atoms with Gasteiger partial charge in [0.1, 0.15) is 17.3 Å². The summed E-state index contributed by atoms with van der Waals surface area (Å²) < 4.78 is 18.2. The topological polar surface area (TPSA) is 94.6 Å². The summed E-state index contributed by atoms with van der Waals surface area (Å²) in [4.78, 5) is 15.2. The summed E-state index contributed by atoms with van der Waals surface area (Å²) >= 11 is 0. The summed E-state index contributed by atoms with van der Waals surface area (Å²) in [6.45, 7) is 7.05. The largest absolute Gasteiger partial charge is 0.497 e. The predicted molar refractivity (Wildman–Crippen MR) is 114 cm³/mol. The van der Waals surface area contributed by atoms with E-state index in [1.165, 1.54) is 0 Å². The Labute approximate surface area is 180 Å². The Balaban J connectivity index is 1.48. The summed E-state index contributed by atoms with van der Waals surface area (Å²) in [6, 6.07) is 11.3. The number of methoxy groups -OCH3 is 1. The van der Waals surface area contributed by atoms with Gasteiger partial charge in [0.2, 0.25) is 0 Å². The number of carbonyl (C=O) groups is 1. The summed E-state index contributed by atoms with van der Waals surface area (Å²) in [6.07, 6.45) is 0. The van der Waals surface area contributed by atoms with Gasteiger partial charge in [-0.25, -0.2) is 4.68 Å². The van der Waals surface area contributed by atoms with Gasteiger partial charge >= 0.3 is 0 Å². The molecule has 9 heteroatoms. The molecule has 4 rings (SSSR count). The fraction of sp³-hybridized carbons (Fsp3) is 0.409. The van der Waals surface area contributed by atoms with E-state index in [1.54, 1.807) is 11.8 Å². The number of hydrogen-bond donors (Lipinski definition) is 1. The van der Waals surface area contributed by atoms with Gasteiger partial charge in [-0.2, -0.15) is 0 Å². The first-order valence-corrected chi connectivity index (χ1v) is 10.3. The average Bonchev–Trinajstić information content (AvgIpc) is 3.40. The monoisotopic (exact) mass is 425 g/mol. The molecule has 1 unspecified atom stereocenters. The first kappa shape index (κ1) is 21.1. The van der Waals surface area contributed by atoms with Crippen LogP contribution < -0.4 is 10.1 Å². The minimum atomic E-state index is -0.265. The van der Waals surface area contributed by atoms with Gasteiger partial charge in [0.05, 0.1) is 37.7 Å². The highest BCUT2D eigenvalue weighted by Gasteiger charge is 2.27. The number of nitrogens with one attached hydrogen (secondary N) is 1. The molecule has 1 aliphatic heterocycles. The van der Waals surface area contributed by atoms with Crippen LogP contribution in [0.25, 0.3) is 5.69 Å². The second kappa shape index (κ2) is 9.32. The van der Waals surface area contributed by atoms with Crippen LogP contribution in [-0.2, 0) is 4.74 Å². The van der Waals surface area contributed by atoms with Crippen LogP contribution in [0.1, 0.15) is 33.7 Å². The first-order valence-electron chi connectivity index (χ1n) is 10.3. The number of rotatable bonds is 7. The maximum absolute atomic E-state index is 12.9. The van der Waals surface area contributed by atoms with Gasteiger partial charge in [0.15, 0.2) is 5.69 Å². The van der Waals surface area contributed by atoms with Crippen molar-refractivity contribution in [2.24, 2.45) is 0 Å². The van der Waals surface area contributed by atoms with Gasteiger partial charge in [0.25, 0.3) is 5.91 Å². The van der Waals surface area contributed by atoms with Gasteiger partial charge < -0.3 is 19.2 Å². The second-order valence-electron chi connectivity index (χ2n) is 7.46. The van der Waals surface area contributed by atoms with Gasteiger partial charge in [-0.1, -0.05) is 5.21 Å². The molecule has 1 atom stereocenters. The molecule has 2 aromatic heterocycles. The first-order chi connectivity index (χ1) is 15.1. The molecular weight excluding hydrogens is 398 g/mol. The summed E-state index contributed by atoms with van der Waals surface area (Å²) in [7, 11) is 1.62. The lowest BCUT2D eigenvalue weighted by molar-refractivity contribution is 0.0117. The summed E-state index contributed by atoms with van der Waals surface area (Å²) in [5, 5.41) is 11.3. The molecule has 0 bridgehead atoms. The van der Waals surface area contributed by atoms with Crippen molar-refractivity contribution in [2.75, 3.05) is 40.0 Å². The number of aryl methyl sites for hydroxylation is 1. The zero-order valence-electron chi connectivity index (χ0n) is 18.0. The van der Waals surface area contributed by atoms with Crippen LogP contribution in [0.5, 0.6) is 5.75 Å². The SMILES string of the molecule is COc1ccc(-n2nnc(C(=O)NCC(c3ccc(C)o3)N3CCOCC3)c2C)cc1. The zero-order chi connectivity index (χ0) is 21.8. The number of hydrogen-bond acceptors (Lipinski definition) is 7. The van der Waals surface area contributed by atoms with Crippen molar-refractivity contribution >= 4 is 5.91 Å². The average molecular weight is 425 g/mol. The molecule has 3 heterocycles. The van der Waals surface area contributed by atoms with Crippen molar-refractivity contribution in [1.82, 2.24) is 25.2 Å². The van der Waals surface area contributed by atoms with Gasteiger partial charge in [-0.15, -0.1) is 5.10 Å². The van der Waals surface area contributed by atoms with E-state index in [1.807, 2.05) is 50.2 Å². The number of ether oxygens (including phenoxy) is 2. The quantitative estimate of drug-likeness (QED) is 0.621. The molecule has 1 amide bonds. The lowest BCUT2D eigenvalue weighted by Gasteiger charge is -2.33. The minimum absolute atomic E-state index is 0.0708. The minimum Gasteiger partial charge on any atom is -0.497 e. The van der Waals surface area contributed by atoms with E-state index >= 15 is 0 Å². The van der Waals surface area contributed by atoms with E-state index < -0.39 is 0 Å². The van der Waals surface area contributed by atoms with Gasteiger partial charge in [-0.05, 0) is 50.2 Å². The third kappa shape index (κ3) is 4.62. The van der Waals surface area contributed by atoms with Crippen molar-refractivity contribution in [3.63, 3.8) is 0 Å². The molecule has 3 aromatic rings. The Bertz CT molecular complexity index is 1020. The fourth-order valence-corrected chi connectivity index (χ4v) is 3.71. The normalized spacial score (nSPS) is 15.6. The smallest absolute Gasteiger partial charge is 0.273 e. The van der Waals surface area contributed by atoms with E-state index in [-0.39, 0.29) is 11.9 Å². The lowest BCUT2D eigenvalue weighted by Crippen LogP contribution is -2.43. The molecule has 0 spiro atoms. The molecule has 0 radical (unpaired) electrons. The molecule has 1 saturated heterocycles. The fourth-order valence-electron chi connectivity index (χ4n) is 3.71. The molecule has 1 aliphatic rings. The van der Waals surface area contributed by atoms with E-state index in [9.17, 15) is 4.79 Å². The Morgan fingerprint density at radius 3 is 2.55 bits per heavy atom. The molecule has 0 saturated carbocycles. The standard InChI is InChI=1S/C22H27N5O4/c1-15-4-9-20(31-15)19(26-10-12-30-13-11-26)14-23-22(28)21-16(2)27(25-24-21)17-5-7-18(29-3)8-6-17/h4-9,19H,10-14H2,1-3H3,(H,23,28). The van der Waals surface area contributed by atoms with E-state index in [0.717, 1.165) is 36.0 Å².